The highest BCUT2D eigenvalue weighted by atomic mass is 127. The van der Waals surface area contributed by atoms with E-state index in [2.05, 4.69) is 33.2 Å². The van der Waals surface area contributed by atoms with Crippen LogP contribution >= 0.6 is 34.2 Å². The largest absolute Gasteiger partial charge is 0.467 e. The predicted octanol–water partition coefficient (Wildman–Crippen LogP) is 4.87. The van der Waals surface area contributed by atoms with Gasteiger partial charge < -0.3 is 15.4 Å². The first-order chi connectivity index (χ1) is 13.0. The van der Waals surface area contributed by atoms with Crippen LogP contribution in [0.1, 0.15) is 12.8 Å². The smallest absolute Gasteiger partial charge is 0.328 e. The SMILES string of the molecule is COC(=O)C(C/C=C/CC(=O)Nc1ccccc1)Nc1cc(Cl)ccc1I. The van der Waals surface area contributed by atoms with Gasteiger partial charge in [0.1, 0.15) is 6.04 Å². The van der Waals surface area contributed by atoms with Gasteiger partial charge in [0.15, 0.2) is 0 Å². The molecule has 27 heavy (non-hydrogen) atoms. The zero-order valence-corrected chi connectivity index (χ0v) is 17.7. The van der Waals surface area contributed by atoms with E-state index >= 15 is 0 Å². The maximum absolute atomic E-state index is 12.0. The molecular formula is C20H20ClIN2O3. The van der Waals surface area contributed by atoms with E-state index in [4.69, 9.17) is 16.3 Å². The first-order valence-corrected chi connectivity index (χ1v) is 9.74. The van der Waals surface area contributed by atoms with Crippen molar-refractivity contribution < 1.29 is 14.3 Å². The molecule has 0 aliphatic rings. The van der Waals surface area contributed by atoms with Crippen LogP contribution in [0.2, 0.25) is 5.02 Å². The lowest BCUT2D eigenvalue weighted by Crippen LogP contribution is -2.30. The fourth-order valence-corrected chi connectivity index (χ4v) is 2.97. The van der Waals surface area contributed by atoms with Crippen LogP contribution in [0.15, 0.2) is 60.7 Å². The molecule has 0 heterocycles. The highest BCUT2D eigenvalue weighted by molar-refractivity contribution is 14.1. The number of carbonyl (C=O) groups is 2. The van der Waals surface area contributed by atoms with E-state index in [1.807, 2.05) is 36.4 Å². The average Bonchev–Trinajstić information content (AvgIpc) is 2.67. The molecule has 1 unspecified atom stereocenters. The maximum Gasteiger partial charge on any atom is 0.328 e. The molecule has 0 aromatic heterocycles. The van der Waals surface area contributed by atoms with Crippen LogP contribution in [0.3, 0.4) is 0 Å². The van der Waals surface area contributed by atoms with E-state index in [9.17, 15) is 9.59 Å². The van der Waals surface area contributed by atoms with Crippen molar-refractivity contribution in [1.29, 1.82) is 0 Å². The van der Waals surface area contributed by atoms with E-state index in [0.29, 0.717) is 11.4 Å². The predicted molar refractivity (Wildman–Crippen MR) is 117 cm³/mol. The van der Waals surface area contributed by atoms with Crippen molar-refractivity contribution >= 4 is 57.4 Å². The number of esters is 1. The zero-order chi connectivity index (χ0) is 19.6. The minimum absolute atomic E-state index is 0.121. The molecule has 0 aliphatic carbocycles. The molecule has 2 aromatic carbocycles. The standard InChI is InChI=1S/C20H20ClIN2O3/c1-27-20(26)17(24-18-13-14(21)11-12-16(18)22)9-5-6-10-19(25)23-15-7-3-2-4-8-15/h2-8,11-13,17,24H,9-10H2,1H3,(H,23,25)/b6-5+. The first-order valence-electron chi connectivity index (χ1n) is 8.29. The molecule has 0 saturated carbocycles. The third-order valence-corrected chi connectivity index (χ3v) is 4.82. The van der Waals surface area contributed by atoms with Crippen molar-refractivity contribution in [2.75, 3.05) is 17.7 Å². The van der Waals surface area contributed by atoms with Crippen molar-refractivity contribution in [3.63, 3.8) is 0 Å². The molecule has 7 heteroatoms. The van der Waals surface area contributed by atoms with Crippen LogP contribution in [0.5, 0.6) is 0 Å². The number of carbonyl (C=O) groups excluding carboxylic acids is 2. The number of hydrogen-bond acceptors (Lipinski definition) is 4. The summed E-state index contributed by atoms with van der Waals surface area (Å²) in [5.74, 6) is -0.506. The van der Waals surface area contributed by atoms with Gasteiger partial charge in [-0.25, -0.2) is 4.79 Å². The quantitative estimate of drug-likeness (QED) is 0.309. The molecule has 1 atom stereocenters. The highest BCUT2D eigenvalue weighted by Crippen LogP contribution is 2.24. The molecule has 2 rings (SSSR count). The number of ether oxygens (including phenoxy) is 1. The summed E-state index contributed by atoms with van der Waals surface area (Å²) < 4.78 is 5.80. The van der Waals surface area contributed by atoms with Gasteiger partial charge in [-0.1, -0.05) is 42.0 Å². The van der Waals surface area contributed by atoms with Gasteiger partial charge in [-0.3, -0.25) is 4.79 Å². The third-order valence-electron chi connectivity index (χ3n) is 3.64. The average molecular weight is 499 g/mol. The molecule has 1 amide bonds. The Kier molecular flexibility index (Phi) is 8.60. The Morgan fingerprint density at radius 3 is 2.63 bits per heavy atom. The van der Waals surface area contributed by atoms with Gasteiger partial charge in [0, 0.05) is 26.4 Å². The van der Waals surface area contributed by atoms with Crippen LogP contribution in [-0.2, 0) is 14.3 Å². The number of anilines is 2. The summed E-state index contributed by atoms with van der Waals surface area (Å²) >= 11 is 8.19. The van der Waals surface area contributed by atoms with Crippen molar-refractivity contribution in [2.24, 2.45) is 0 Å². The fraction of sp³-hybridized carbons (Fsp3) is 0.200. The summed E-state index contributed by atoms with van der Waals surface area (Å²) in [5.41, 5.74) is 1.51. The Labute approximate surface area is 177 Å². The fourth-order valence-electron chi connectivity index (χ4n) is 2.31. The van der Waals surface area contributed by atoms with Gasteiger partial charge in [-0.05, 0) is 59.3 Å². The number of rotatable bonds is 8. The lowest BCUT2D eigenvalue weighted by molar-refractivity contribution is -0.141. The Hall–Kier alpha value is -2.06. The highest BCUT2D eigenvalue weighted by Gasteiger charge is 2.18. The van der Waals surface area contributed by atoms with Gasteiger partial charge in [0.2, 0.25) is 5.91 Å². The van der Waals surface area contributed by atoms with Gasteiger partial charge in [-0.15, -0.1) is 0 Å². The van der Waals surface area contributed by atoms with Crippen LogP contribution < -0.4 is 10.6 Å². The molecule has 0 spiro atoms. The molecular weight excluding hydrogens is 479 g/mol. The minimum Gasteiger partial charge on any atom is -0.467 e. The number of halogens is 2. The Morgan fingerprint density at radius 2 is 1.93 bits per heavy atom. The molecule has 5 nitrogen and oxygen atoms in total. The second-order valence-corrected chi connectivity index (χ2v) is 7.27. The van der Waals surface area contributed by atoms with Gasteiger partial charge in [0.25, 0.3) is 0 Å². The Morgan fingerprint density at radius 1 is 1.19 bits per heavy atom. The van der Waals surface area contributed by atoms with Crippen LogP contribution in [0.4, 0.5) is 11.4 Å². The van der Waals surface area contributed by atoms with E-state index in [1.54, 1.807) is 24.3 Å². The molecule has 0 radical (unpaired) electrons. The summed E-state index contributed by atoms with van der Waals surface area (Å²) in [6.07, 6.45) is 4.13. The molecule has 2 N–H and O–H groups in total. The van der Waals surface area contributed by atoms with Crippen molar-refractivity contribution in [3.8, 4) is 0 Å². The molecule has 142 valence electrons. The van der Waals surface area contributed by atoms with E-state index in [0.717, 1.165) is 14.9 Å². The Balaban J connectivity index is 1.92. The monoisotopic (exact) mass is 498 g/mol. The summed E-state index contributed by atoms with van der Waals surface area (Å²) in [6, 6.07) is 14.1. The molecule has 0 saturated heterocycles. The number of para-hydroxylation sites is 1. The summed E-state index contributed by atoms with van der Waals surface area (Å²) in [7, 11) is 1.34. The number of amides is 1. The van der Waals surface area contributed by atoms with E-state index in [1.165, 1.54) is 7.11 Å². The lowest BCUT2D eigenvalue weighted by atomic mass is 10.1. The molecule has 2 aromatic rings. The van der Waals surface area contributed by atoms with Gasteiger partial charge in [-0.2, -0.15) is 0 Å². The van der Waals surface area contributed by atoms with Crippen LogP contribution in [0.25, 0.3) is 0 Å². The maximum atomic E-state index is 12.0. The topological polar surface area (TPSA) is 67.4 Å². The van der Waals surface area contributed by atoms with Gasteiger partial charge in [0.05, 0.1) is 7.11 Å². The normalized spacial score (nSPS) is 11.8. The minimum atomic E-state index is -0.574. The summed E-state index contributed by atoms with van der Waals surface area (Å²) in [5, 5.41) is 6.53. The van der Waals surface area contributed by atoms with Crippen molar-refractivity contribution in [2.45, 2.75) is 18.9 Å². The van der Waals surface area contributed by atoms with Crippen LogP contribution in [-0.4, -0.2) is 25.0 Å². The van der Waals surface area contributed by atoms with E-state index in [-0.39, 0.29) is 18.3 Å². The number of benzene rings is 2. The third kappa shape index (κ3) is 7.22. The molecule has 0 bridgehead atoms. The van der Waals surface area contributed by atoms with Crippen LogP contribution in [0, 0.1) is 3.57 Å². The zero-order valence-electron chi connectivity index (χ0n) is 14.7. The van der Waals surface area contributed by atoms with E-state index < -0.39 is 6.04 Å². The first kappa shape index (κ1) is 21.2. The molecule has 0 aliphatic heterocycles. The van der Waals surface area contributed by atoms with Gasteiger partial charge >= 0.3 is 5.97 Å². The van der Waals surface area contributed by atoms with Crippen molar-refractivity contribution in [3.05, 3.63) is 69.3 Å². The summed E-state index contributed by atoms with van der Waals surface area (Å²) in [4.78, 5) is 24.0. The lowest BCUT2D eigenvalue weighted by Gasteiger charge is -2.17. The number of hydrogen-bond donors (Lipinski definition) is 2. The summed E-state index contributed by atoms with van der Waals surface area (Å²) in [6.45, 7) is 0. The Bertz CT molecular complexity index is 812. The number of methoxy groups -OCH3 is 1. The van der Waals surface area contributed by atoms with Crippen molar-refractivity contribution in [1.82, 2.24) is 0 Å². The molecule has 0 fully saturated rings. The second kappa shape index (κ2) is 10.9. The number of nitrogens with one attached hydrogen (secondary N) is 2. The second-order valence-electron chi connectivity index (χ2n) is 5.67.